The van der Waals surface area contributed by atoms with Gasteiger partial charge in [-0.05, 0) is 24.6 Å². The maximum atomic E-state index is 12.0. The Bertz CT molecular complexity index is 685. The number of fused-ring (bicyclic) bond motifs is 1. The lowest BCUT2D eigenvalue weighted by atomic mass is 10.1. The summed E-state index contributed by atoms with van der Waals surface area (Å²) in [6.07, 6.45) is 1.62. The Kier molecular flexibility index (Phi) is 3.57. The van der Waals surface area contributed by atoms with Gasteiger partial charge in [0.1, 0.15) is 6.54 Å². The summed E-state index contributed by atoms with van der Waals surface area (Å²) >= 11 is 1.35. The van der Waals surface area contributed by atoms with Crippen LogP contribution in [0.2, 0.25) is 0 Å². The largest absolute Gasteiger partial charge is 0.423 e. The van der Waals surface area contributed by atoms with Crippen molar-refractivity contribution >= 4 is 34.0 Å². The molecule has 1 aromatic carbocycles. The van der Waals surface area contributed by atoms with Crippen LogP contribution in [0.3, 0.4) is 0 Å². The van der Waals surface area contributed by atoms with Crippen molar-refractivity contribution in [2.45, 2.75) is 6.92 Å². The van der Waals surface area contributed by atoms with Gasteiger partial charge in [-0.3, -0.25) is 4.79 Å². The molecule has 3 rings (SSSR count). The Morgan fingerprint density at radius 1 is 1.52 bits per heavy atom. The zero-order valence-corrected chi connectivity index (χ0v) is 12.1. The van der Waals surface area contributed by atoms with Gasteiger partial charge in [-0.15, -0.1) is 11.3 Å². The van der Waals surface area contributed by atoms with E-state index in [1.54, 1.807) is 22.5 Å². The van der Waals surface area contributed by atoms with Gasteiger partial charge >= 0.3 is 5.97 Å². The van der Waals surface area contributed by atoms with Crippen molar-refractivity contribution in [2.24, 2.45) is 0 Å². The smallest absolute Gasteiger partial charge is 0.331 e. The van der Waals surface area contributed by atoms with Crippen LogP contribution >= 0.6 is 11.3 Å². The summed E-state index contributed by atoms with van der Waals surface area (Å²) in [5.41, 5.74) is 1.79. The van der Waals surface area contributed by atoms with Gasteiger partial charge in [0.25, 0.3) is 0 Å². The molecule has 0 radical (unpaired) electrons. The standard InChI is InChI=1S/C14H13N3O3S/c1-9-2-3-11-10(6-9)17(8-13(19)20-11)7-12(18)16-14-15-4-5-21-14/h2-6H,7-8H2,1H3,(H,15,16,18). The second-order valence-electron chi connectivity index (χ2n) is 4.69. The molecule has 1 aliphatic rings. The summed E-state index contributed by atoms with van der Waals surface area (Å²) in [6.45, 7) is 2.08. The highest BCUT2D eigenvalue weighted by Gasteiger charge is 2.25. The zero-order chi connectivity index (χ0) is 14.8. The van der Waals surface area contributed by atoms with Crippen LogP contribution in [0.5, 0.6) is 5.75 Å². The first-order valence-electron chi connectivity index (χ1n) is 6.37. The van der Waals surface area contributed by atoms with Crippen LogP contribution in [0.15, 0.2) is 29.8 Å². The van der Waals surface area contributed by atoms with Crippen molar-refractivity contribution in [3.63, 3.8) is 0 Å². The fourth-order valence-corrected chi connectivity index (χ4v) is 2.66. The fourth-order valence-electron chi connectivity index (χ4n) is 2.12. The number of carbonyl (C=O) groups is 2. The first-order valence-corrected chi connectivity index (χ1v) is 7.25. The second-order valence-corrected chi connectivity index (χ2v) is 5.58. The SMILES string of the molecule is Cc1ccc2c(c1)N(CC(=O)Nc1nccs1)CC(=O)O2. The third-order valence-corrected chi connectivity index (χ3v) is 3.70. The highest BCUT2D eigenvalue weighted by atomic mass is 32.1. The number of hydrogen-bond donors (Lipinski definition) is 1. The quantitative estimate of drug-likeness (QED) is 0.691. The molecule has 6 nitrogen and oxygen atoms in total. The Labute approximate surface area is 125 Å². The van der Waals surface area contributed by atoms with E-state index in [1.807, 2.05) is 19.1 Å². The molecule has 0 saturated heterocycles. The Balaban J connectivity index is 1.78. The molecule has 2 aromatic rings. The molecule has 0 spiro atoms. The molecule has 21 heavy (non-hydrogen) atoms. The summed E-state index contributed by atoms with van der Waals surface area (Å²) in [5, 5.41) is 5.03. The number of hydrogen-bond acceptors (Lipinski definition) is 6. The molecule has 0 unspecified atom stereocenters. The number of thiazole rings is 1. The number of carbonyl (C=O) groups excluding carboxylic acids is 2. The van der Waals surface area contributed by atoms with Gasteiger partial charge < -0.3 is 15.0 Å². The molecule has 108 valence electrons. The lowest BCUT2D eigenvalue weighted by Gasteiger charge is -2.29. The molecule has 0 saturated carbocycles. The van der Waals surface area contributed by atoms with Crippen molar-refractivity contribution in [1.29, 1.82) is 0 Å². The van der Waals surface area contributed by atoms with E-state index < -0.39 is 0 Å². The molecular formula is C14H13N3O3S. The van der Waals surface area contributed by atoms with E-state index >= 15 is 0 Å². The summed E-state index contributed by atoms with van der Waals surface area (Å²) in [6, 6.07) is 5.51. The van der Waals surface area contributed by atoms with Gasteiger partial charge in [-0.1, -0.05) is 6.07 Å². The molecule has 0 fully saturated rings. The van der Waals surface area contributed by atoms with Crippen LogP contribution in [0.25, 0.3) is 0 Å². The van der Waals surface area contributed by atoms with E-state index in [4.69, 9.17) is 4.74 Å². The maximum absolute atomic E-state index is 12.0. The van der Waals surface area contributed by atoms with Crippen molar-refractivity contribution in [1.82, 2.24) is 4.98 Å². The maximum Gasteiger partial charge on any atom is 0.331 e. The van der Waals surface area contributed by atoms with Crippen molar-refractivity contribution in [2.75, 3.05) is 23.3 Å². The van der Waals surface area contributed by atoms with E-state index in [2.05, 4.69) is 10.3 Å². The van der Waals surface area contributed by atoms with Gasteiger partial charge in [0.05, 0.1) is 12.2 Å². The minimum Gasteiger partial charge on any atom is -0.423 e. The lowest BCUT2D eigenvalue weighted by molar-refractivity contribution is -0.133. The van der Waals surface area contributed by atoms with Crippen LogP contribution in [-0.4, -0.2) is 29.9 Å². The number of aromatic nitrogens is 1. The summed E-state index contributed by atoms with van der Waals surface area (Å²) in [5.74, 6) is -0.0978. The van der Waals surface area contributed by atoms with Crippen LogP contribution in [0, 0.1) is 6.92 Å². The number of nitrogens with zero attached hydrogens (tertiary/aromatic N) is 2. The number of amides is 1. The Hall–Kier alpha value is -2.41. The van der Waals surface area contributed by atoms with E-state index in [-0.39, 0.29) is 25.0 Å². The number of benzene rings is 1. The van der Waals surface area contributed by atoms with E-state index in [0.29, 0.717) is 10.9 Å². The molecule has 1 aliphatic heterocycles. The van der Waals surface area contributed by atoms with Gasteiger partial charge in [0.2, 0.25) is 5.91 Å². The van der Waals surface area contributed by atoms with Crippen LogP contribution in [0.1, 0.15) is 5.56 Å². The molecule has 2 heterocycles. The zero-order valence-electron chi connectivity index (χ0n) is 11.3. The van der Waals surface area contributed by atoms with E-state index in [1.165, 1.54) is 11.3 Å². The van der Waals surface area contributed by atoms with Crippen LogP contribution in [-0.2, 0) is 9.59 Å². The predicted octanol–water partition coefficient (Wildman–Crippen LogP) is 1.82. The number of nitrogens with one attached hydrogen (secondary N) is 1. The summed E-state index contributed by atoms with van der Waals surface area (Å²) in [4.78, 5) is 29.4. The first kappa shape index (κ1) is 13.6. The van der Waals surface area contributed by atoms with Crippen molar-refractivity contribution in [3.8, 4) is 5.75 Å². The summed E-state index contributed by atoms with van der Waals surface area (Å²) in [7, 11) is 0. The van der Waals surface area contributed by atoms with Crippen molar-refractivity contribution in [3.05, 3.63) is 35.3 Å². The normalized spacial score (nSPS) is 13.6. The van der Waals surface area contributed by atoms with Crippen LogP contribution in [0.4, 0.5) is 10.8 Å². The molecular weight excluding hydrogens is 290 g/mol. The fraction of sp³-hybridized carbons (Fsp3) is 0.214. The highest BCUT2D eigenvalue weighted by Crippen LogP contribution is 2.32. The molecule has 0 bridgehead atoms. The molecule has 1 N–H and O–H groups in total. The third kappa shape index (κ3) is 3.03. The Morgan fingerprint density at radius 3 is 3.14 bits per heavy atom. The molecule has 7 heteroatoms. The number of aryl methyl sites for hydroxylation is 1. The van der Waals surface area contributed by atoms with Crippen LogP contribution < -0.4 is 15.0 Å². The van der Waals surface area contributed by atoms with E-state index in [0.717, 1.165) is 11.3 Å². The summed E-state index contributed by atoms with van der Waals surface area (Å²) < 4.78 is 5.18. The topological polar surface area (TPSA) is 71.5 Å². The second kappa shape index (κ2) is 5.53. The van der Waals surface area contributed by atoms with Gasteiger partial charge in [-0.2, -0.15) is 0 Å². The number of esters is 1. The monoisotopic (exact) mass is 303 g/mol. The predicted molar refractivity (Wildman–Crippen MR) is 79.8 cm³/mol. The van der Waals surface area contributed by atoms with Crippen molar-refractivity contribution < 1.29 is 14.3 Å². The minimum absolute atomic E-state index is 0.0573. The lowest BCUT2D eigenvalue weighted by Crippen LogP contribution is -2.41. The minimum atomic E-state index is -0.367. The number of rotatable bonds is 3. The number of anilines is 2. The van der Waals surface area contributed by atoms with Gasteiger partial charge in [0, 0.05) is 11.6 Å². The number of ether oxygens (including phenoxy) is 1. The molecule has 1 aromatic heterocycles. The molecule has 0 atom stereocenters. The molecule has 1 amide bonds. The third-order valence-electron chi connectivity index (χ3n) is 3.01. The Morgan fingerprint density at radius 2 is 2.38 bits per heavy atom. The highest BCUT2D eigenvalue weighted by molar-refractivity contribution is 7.13. The average Bonchev–Trinajstić information content (AvgIpc) is 2.92. The average molecular weight is 303 g/mol. The first-order chi connectivity index (χ1) is 10.1. The van der Waals surface area contributed by atoms with Gasteiger partial charge in [-0.25, -0.2) is 9.78 Å². The molecule has 0 aliphatic carbocycles. The van der Waals surface area contributed by atoms with E-state index in [9.17, 15) is 9.59 Å². The van der Waals surface area contributed by atoms with Gasteiger partial charge in [0.15, 0.2) is 10.9 Å².